The van der Waals surface area contributed by atoms with Gasteiger partial charge in [0.1, 0.15) is 5.75 Å². The maximum absolute atomic E-state index is 13.8. The second kappa shape index (κ2) is 10.8. The molecule has 4 aromatic rings. The Morgan fingerprint density at radius 3 is 2.15 bits per heavy atom. The van der Waals surface area contributed by atoms with E-state index in [2.05, 4.69) is 11.1 Å². The van der Waals surface area contributed by atoms with E-state index in [1.54, 1.807) is 7.11 Å². The highest BCUT2D eigenvalue weighted by atomic mass is 16.5. The number of carbonyl (C=O) groups excluding carboxylic acids is 2. The minimum absolute atomic E-state index is 0.00547. The summed E-state index contributed by atoms with van der Waals surface area (Å²) in [4.78, 5) is 34.4. The Morgan fingerprint density at radius 2 is 1.55 bits per heavy atom. The number of carbonyl (C=O) groups is 2. The van der Waals surface area contributed by atoms with Crippen LogP contribution in [0, 0.1) is 0 Å². The molecule has 3 aromatic carbocycles. The number of nitrogens with zero attached hydrogens (tertiary/aromatic N) is 2. The van der Waals surface area contributed by atoms with Crippen LogP contribution < -0.4 is 4.74 Å². The van der Waals surface area contributed by atoms with Crippen molar-refractivity contribution in [1.29, 1.82) is 0 Å². The minimum Gasteiger partial charge on any atom is -0.497 e. The van der Waals surface area contributed by atoms with Crippen LogP contribution in [-0.4, -0.2) is 65.1 Å². The monoisotopic (exact) mass is 537 g/mol. The number of aromatic amines is 1. The van der Waals surface area contributed by atoms with E-state index < -0.39 is 6.04 Å². The highest BCUT2D eigenvalue weighted by Gasteiger charge is 2.49. The van der Waals surface area contributed by atoms with Gasteiger partial charge in [0.2, 0.25) is 11.8 Å². The lowest BCUT2D eigenvalue weighted by Crippen LogP contribution is -2.56. The first-order chi connectivity index (χ1) is 19.5. The highest BCUT2D eigenvalue weighted by Crippen LogP contribution is 2.49. The predicted molar refractivity (Wildman–Crippen MR) is 154 cm³/mol. The summed E-state index contributed by atoms with van der Waals surface area (Å²) in [6.07, 6.45) is 2.15. The van der Waals surface area contributed by atoms with Crippen LogP contribution in [-0.2, 0) is 27.8 Å². The molecule has 1 spiro atoms. The summed E-state index contributed by atoms with van der Waals surface area (Å²) >= 11 is 0. The van der Waals surface area contributed by atoms with Crippen molar-refractivity contribution in [2.75, 3.05) is 33.4 Å². The Balaban J connectivity index is 1.34. The fourth-order valence-corrected chi connectivity index (χ4v) is 6.62. The number of amides is 2. The number of methoxy groups -OCH3 is 1. The van der Waals surface area contributed by atoms with Gasteiger partial charge in [-0.15, -0.1) is 0 Å². The zero-order valence-electron chi connectivity index (χ0n) is 22.8. The predicted octanol–water partition coefficient (Wildman–Crippen LogP) is 4.40. The van der Waals surface area contributed by atoms with Crippen molar-refractivity contribution < 1.29 is 19.4 Å². The molecule has 2 amide bonds. The number of H-pyrrole nitrogens is 1. The molecule has 2 N–H and O–H groups in total. The van der Waals surface area contributed by atoms with Crippen LogP contribution in [0.25, 0.3) is 10.9 Å². The van der Waals surface area contributed by atoms with Gasteiger partial charge in [0, 0.05) is 47.7 Å². The Bertz CT molecular complexity index is 1510. The molecule has 0 saturated carbocycles. The van der Waals surface area contributed by atoms with E-state index in [9.17, 15) is 14.7 Å². The molecule has 3 heterocycles. The Morgan fingerprint density at radius 1 is 0.925 bits per heavy atom. The van der Waals surface area contributed by atoms with Crippen LogP contribution in [0.3, 0.4) is 0 Å². The number of aliphatic hydroxyl groups is 1. The molecule has 1 saturated heterocycles. The zero-order chi connectivity index (χ0) is 27.7. The number of aliphatic hydroxyl groups excluding tert-OH is 1. The molecule has 7 nitrogen and oxygen atoms in total. The topological polar surface area (TPSA) is 85.9 Å². The maximum atomic E-state index is 13.8. The van der Waals surface area contributed by atoms with Crippen molar-refractivity contribution in [3.8, 4) is 5.75 Å². The van der Waals surface area contributed by atoms with Crippen molar-refractivity contribution in [1.82, 2.24) is 14.8 Å². The Hall–Kier alpha value is -4.10. The van der Waals surface area contributed by atoms with Gasteiger partial charge < -0.3 is 24.6 Å². The molecule has 206 valence electrons. The van der Waals surface area contributed by atoms with Crippen molar-refractivity contribution in [2.24, 2.45) is 0 Å². The molecule has 40 heavy (non-hydrogen) atoms. The molecule has 1 atom stereocenters. The number of ether oxygens (including phenoxy) is 1. The van der Waals surface area contributed by atoms with E-state index in [-0.39, 0.29) is 30.3 Å². The summed E-state index contributed by atoms with van der Waals surface area (Å²) in [7, 11) is 1.65. The van der Waals surface area contributed by atoms with E-state index in [4.69, 9.17) is 4.74 Å². The van der Waals surface area contributed by atoms with Gasteiger partial charge >= 0.3 is 0 Å². The fraction of sp³-hybridized carbons (Fsp3) is 0.333. The molecule has 0 unspecified atom stereocenters. The van der Waals surface area contributed by atoms with Crippen LogP contribution in [0.15, 0.2) is 78.9 Å². The largest absolute Gasteiger partial charge is 0.497 e. The number of hydrogen-bond acceptors (Lipinski definition) is 4. The van der Waals surface area contributed by atoms with E-state index in [0.29, 0.717) is 26.1 Å². The molecule has 0 bridgehead atoms. The van der Waals surface area contributed by atoms with E-state index in [1.807, 2.05) is 82.6 Å². The average Bonchev–Trinajstić information content (AvgIpc) is 3.38. The summed E-state index contributed by atoms with van der Waals surface area (Å²) < 4.78 is 5.48. The Labute approximate surface area is 234 Å². The van der Waals surface area contributed by atoms with Crippen molar-refractivity contribution in [3.05, 3.63) is 101 Å². The normalized spacial score (nSPS) is 18.1. The first-order valence-corrected chi connectivity index (χ1v) is 14.0. The standard InChI is InChI=1S/C33H35N3O4/c1-40-25-12-13-26-27(20-25)34-32-28(21-37)36(30(39)19-24-10-6-3-7-11-24)22-33(31(26)32)14-16-35(17-15-33)29(38)18-23-8-4-2-5-9-23/h2-13,20,28,34,37H,14-19,21-22H2,1H3/t28-/m0/s1. The lowest BCUT2D eigenvalue weighted by atomic mass is 9.68. The van der Waals surface area contributed by atoms with Crippen molar-refractivity contribution in [2.45, 2.75) is 37.1 Å². The van der Waals surface area contributed by atoms with Crippen LogP contribution in [0.5, 0.6) is 5.75 Å². The quantitative estimate of drug-likeness (QED) is 0.382. The molecule has 2 aliphatic heterocycles. The smallest absolute Gasteiger partial charge is 0.227 e. The average molecular weight is 538 g/mol. The van der Waals surface area contributed by atoms with Gasteiger partial charge in [0.05, 0.1) is 32.6 Å². The second-order valence-electron chi connectivity index (χ2n) is 11.0. The van der Waals surface area contributed by atoms with Gasteiger partial charge in [-0.25, -0.2) is 0 Å². The van der Waals surface area contributed by atoms with Crippen molar-refractivity contribution in [3.63, 3.8) is 0 Å². The molecular weight excluding hydrogens is 502 g/mol. The summed E-state index contributed by atoms with van der Waals surface area (Å²) in [6.45, 7) is 1.59. The highest BCUT2D eigenvalue weighted by molar-refractivity contribution is 5.89. The third-order valence-electron chi connectivity index (χ3n) is 8.71. The lowest BCUT2D eigenvalue weighted by molar-refractivity contribution is -0.138. The Kier molecular flexibility index (Phi) is 7.07. The summed E-state index contributed by atoms with van der Waals surface area (Å²) in [5, 5.41) is 11.7. The molecule has 6 rings (SSSR count). The number of rotatable bonds is 6. The first kappa shape index (κ1) is 26.1. The molecule has 1 fully saturated rings. The number of nitrogens with one attached hydrogen (secondary N) is 1. The first-order valence-electron chi connectivity index (χ1n) is 14.0. The van der Waals surface area contributed by atoms with Gasteiger partial charge in [0.25, 0.3) is 0 Å². The van der Waals surface area contributed by atoms with Gasteiger partial charge in [-0.1, -0.05) is 60.7 Å². The third-order valence-corrected chi connectivity index (χ3v) is 8.71. The molecule has 2 aliphatic rings. The van der Waals surface area contributed by atoms with Crippen LogP contribution in [0.4, 0.5) is 0 Å². The lowest BCUT2D eigenvalue weighted by Gasteiger charge is -2.50. The van der Waals surface area contributed by atoms with Crippen LogP contribution in [0.2, 0.25) is 0 Å². The summed E-state index contributed by atoms with van der Waals surface area (Å²) in [5.41, 5.74) is 4.63. The van der Waals surface area contributed by atoms with Crippen molar-refractivity contribution >= 4 is 22.7 Å². The SMILES string of the molecule is COc1ccc2c3c([nH]c2c1)[C@H](CO)N(C(=O)Cc1ccccc1)CC31CCN(C(=O)Cc2ccccc2)CC1. The summed E-state index contributed by atoms with van der Waals surface area (Å²) in [6, 6.07) is 25.2. The number of aromatic nitrogens is 1. The number of fused-ring (bicyclic) bond motifs is 4. The number of piperidine rings is 1. The van der Waals surface area contributed by atoms with Gasteiger partial charge in [-0.2, -0.15) is 0 Å². The van der Waals surface area contributed by atoms with Crippen LogP contribution in [0.1, 0.15) is 41.3 Å². The van der Waals surface area contributed by atoms with Gasteiger partial charge in [0.15, 0.2) is 0 Å². The van der Waals surface area contributed by atoms with Gasteiger partial charge in [-0.3, -0.25) is 9.59 Å². The molecule has 1 aromatic heterocycles. The van der Waals surface area contributed by atoms with E-state index in [0.717, 1.165) is 46.3 Å². The molecule has 7 heteroatoms. The fourth-order valence-electron chi connectivity index (χ4n) is 6.62. The second-order valence-corrected chi connectivity index (χ2v) is 11.0. The molecular formula is C33H35N3O4. The van der Waals surface area contributed by atoms with Crippen LogP contribution >= 0.6 is 0 Å². The minimum atomic E-state index is -0.465. The molecule has 0 aliphatic carbocycles. The maximum Gasteiger partial charge on any atom is 0.227 e. The molecule has 0 radical (unpaired) electrons. The number of hydrogen-bond donors (Lipinski definition) is 2. The number of benzene rings is 3. The van der Waals surface area contributed by atoms with Gasteiger partial charge in [-0.05, 0) is 41.7 Å². The third kappa shape index (κ3) is 4.75. The zero-order valence-corrected chi connectivity index (χ0v) is 22.8. The van der Waals surface area contributed by atoms with E-state index in [1.165, 1.54) is 5.56 Å². The number of likely N-dealkylation sites (tertiary alicyclic amines) is 1. The van der Waals surface area contributed by atoms with E-state index >= 15 is 0 Å². The summed E-state index contributed by atoms with van der Waals surface area (Å²) in [5.74, 6) is 0.874.